The van der Waals surface area contributed by atoms with Gasteiger partial charge in [-0.15, -0.1) is 0 Å². The van der Waals surface area contributed by atoms with Crippen LogP contribution >= 0.6 is 0 Å². The Morgan fingerprint density at radius 1 is 0.952 bits per heavy atom. The maximum atomic E-state index is 11.1. The molecule has 0 rings (SSSR count). The summed E-state index contributed by atoms with van der Waals surface area (Å²) in [5.41, 5.74) is 0. The molecule has 0 atom stereocenters. The second kappa shape index (κ2) is 18.0. The van der Waals surface area contributed by atoms with Crippen LogP contribution in [-0.4, -0.2) is 54.8 Å². The normalized spacial score (nSPS) is 10.3. The molecule has 0 heterocycles. The minimum absolute atomic E-state index is 0. The summed E-state index contributed by atoms with van der Waals surface area (Å²) >= 11 is 0. The molecular formula is C16H30CaO4. The van der Waals surface area contributed by atoms with Crippen molar-refractivity contribution in [3.8, 4) is 0 Å². The molecule has 0 aliphatic heterocycles. The summed E-state index contributed by atoms with van der Waals surface area (Å²) in [5, 5.41) is 8.40. The fraction of sp³-hybridized carbons (Fsp3) is 0.750. The Hall–Kier alpha value is -0.0603. The zero-order valence-electron chi connectivity index (χ0n) is 12.6. The van der Waals surface area contributed by atoms with Crippen LogP contribution in [0.3, 0.4) is 0 Å². The van der Waals surface area contributed by atoms with E-state index in [1.165, 1.54) is 51.2 Å². The zero-order chi connectivity index (χ0) is 15.1. The molecule has 5 heteroatoms. The molecule has 0 amide bonds. The van der Waals surface area contributed by atoms with Gasteiger partial charge in [-0.2, -0.15) is 0 Å². The summed E-state index contributed by atoms with van der Waals surface area (Å²) in [5.74, 6) is -1.47. The third kappa shape index (κ3) is 19.9. The Bertz CT molecular complexity index is 290. The van der Waals surface area contributed by atoms with Gasteiger partial charge >= 0.3 is 49.7 Å². The molecule has 0 saturated heterocycles. The van der Waals surface area contributed by atoms with Crippen LogP contribution in [0.25, 0.3) is 0 Å². The maximum absolute atomic E-state index is 11.1. The van der Waals surface area contributed by atoms with Crippen LogP contribution in [0.1, 0.15) is 77.6 Å². The van der Waals surface area contributed by atoms with Gasteiger partial charge in [-0.1, -0.05) is 51.9 Å². The molecule has 0 saturated carbocycles. The Labute approximate surface area is 158 Å². The fourth-order valence-electron chi connectivity index (χ4n) is 1.86. The number of carbonyl (C=O) groups is 2. The van der Waals surface area contributed by atoms with Crippen LogP contribution in [0.2, 0.25) is 0 Å². The number of hydrogen-bond acceptors (Lipinski definition) is 3. The van der Waals surface area contributed by atoms with Crippen LogP contribution in [0.5, 0.6) is 0 Å². The fourth-order valence-corrected chi connectivity index (χ4v) is 1.86. The van der Waals surface area contributed by atoms with E-state index in [1.807, 2.05) is 6.08 Å². The summed E-state index contributed by atoms with van der Waals surface area (Å²) in [7, 11) is 0. The summed E-state index contributed by atoms with van der Waals surface area (Å²) in [4.78, 5) is 21.3. The van der Waals surface area contributed by atoms with Crippen molar-refractivity contribution in [1.29, 1.82) is 0 Å². The van der Waals surface area contributed by atoms with E-state index in [4.69, 9.17) is 9.84 Å². The molecule has 4 nitrogen and oxygen atoms in total. The van der Waals surface area contributed by atoms with Gasteiger partial charge < -0.3 is 9.84 Å². The number of aliphatic carboxylic acids is 1. The van der Waals surface area contributed by atoms with E-state index in [0.717, 1.165) is 12.8 Å². The van der Waals surface area contributed by atoms with Crippen molar-refractivity contribution in [3.05, 3.63) is 12.3 Å². The number of unbranched alkanes of at least 4 members (excludes halogenated alkanes) is 8. The molecule has 0 aliphatic rings. The zero-order valence-corrected chi connectivity index (χ0v) is 12.6. The van der Waals surface area contributed by atoms with Crippen LogP contribution in [0, 0.1) is 0 Å². The van der Waals surface area contributed by atoms with E-state index in [-0.39, 0.29) is 50.6 Å². The van der Waals surface area contributed by atoms with Gasteiger partial charge in [0.2, 0.25) is 0 Å². The molecule has 0 aromatic heterocycles. The van der Waals surface area contributed by atoms with Gasteiger partial charge in [-0.05, 0) is 18.9 Å². The summed E-state index contributed by atoms with van der Waals surface area (Å²) in [6.45, 7) is 2.22. The quantitative estimate of drug-likeness (QED) is 0.243. The molecule has 0 unspecified atom stereocenters. The average molecular weight is 326 g/mol. The Morgan fingerprint density at radius 3 is 2.10 bits per heavy atom. The van der Waals surface area contributed by atoms with Crippen molar-refractivity contribution < 1.29 is 19.4 Å². The van der Waals surface area contributed by atoms with E-state index < -0.39 is 11.9 Å². The van der Waals surface area contributed by atoms with Crippen molar-refractivity contribution in [2.24, 2.45) is 0 Å². The molecule has 0 spiro atoms. The first-order valence-corrected chi connectivity index (χ1v) is 7.73. The predicted molar refractivity (Wildman–Crippen MR) is 87.9 cm³/mol. The minimum atomic E-state index is -0.982. The summed E-state index contributed by atoms with van der Waals surface area (Å²) < 4.78 is 4.78. The van der Waals surface area contributed by atoms with E-state index >= 15 is 0 Å². The molecule has 120 valence electrons. The molecule has 0 radical (unpaired) electrons. The molecule has 0 fully saturated rings. The monoisotopic (exact) mass is 326 g/mol. The van der Waals surface area contributed by atoms with Crippen LogP contribution < -0.4 is 0 Å². The first-order chi connectivity index (χ1) is 9.66. The molecule has 0 bridgehead atoms. The number of carbonyl (C=O) groups excluding carboxylic acids is 1. The number of esters is 1. The van der Waals surface area contributed by atoms with Crippen LogP contribution in [0.4, 0.5) is 0 Å². The summed E-state index contributed by atoms with van der Waals surface area (Å²) in [6, 6.07) is 0. The van der Waals surface area contributed by atoms with Crippen LogP contribution in [-0.2, 0) is 14.3 Å². The van der Waals surface area contributed by atoms with Gasteiger partial charge in [0.05, 0.1) is 19.1 Å². The second-order valence-corrected chi connectivity index (χ2v) is 5.02. The molecule has 1 N–H and O–H groups in total. The van der Waals surface area contributed by atoms with Gasteiger partial charge in [0.1, 0.15) is 0 Å². The standard InChI is InChI=1S/C16H28O4.Ca.2H/c1-2-3-4-5-6-7-8-9-10-11-14-20-16(19)13-12-15(17)18;;;/h11,14H,2-10,12-13H2,1H3,(H,17,18);;;/b14-11+;;;. The Morgan fingerprint density at radius 2 is 1.52 bits per heavy atom. The first-order valence-electron chi connectivity index (χ1n) is 7.73. The first kappa shape index (κ1) is 23.2. The number of carboxylic acids is 1. The van der Waals surface area contributed by atoms with E-state index in [2.05, 4.69) is 6.92 Å². The number of rotatable bonds is 13. The van der Waals surface area contributed by atoms with Crippen molar-refractivity contribution in [3.63, 3.8) is 0 Å². The van der Waals surface area contributed by atoms with Crippen molar-refractivity contribution in [1.82, 2.24) is 0 Å². The molecular weight excluding hydrogens is 296 g/mol. The third-order valence-electron chi connectivity index (χ3n) is 3.06. The van der Waals surface area contributed by atoms with Gasteiger partial charge in [0.15, 0.2) is 0 Å². The molecule has 0 aromatic rings. The van der Waals surface area contributed by atoms with Crippen LogP contribution in [0.15, 0.2) is 12.3 Å². The summed E-state index contributed by atoms with van der Waals surface area (Å²) in [6.07, 6.45) is 14.1. The van der Waals surface area contributed by atoms with E-state index in [9.17, 15) is 9.59 Å². The molecule has 21 heavy (non-hydrogen) atoms. The van der Waals surface area contributed by atoms with Gasteiger partial charge in [-0.3, -0.25) is 9.59 Å². The number of carboxylic acid groups (broad SMARTS) is 1. The predicted octanol–water partition coefficient (Wildman–Crippen LogP) is 3.52. The van der Waals surface area contributed by atoms with Crippen molar-refractivity contribution >= 4 is 49.7 Å². The average Bonchev–Trinajstić information content (AvgIpc) is 2.42. The van der Waals surface area contributed by atoms with Gasteiger partial charge in [0, 0.05) is 0 Å². The number of ether oxygens (including phenoxy) is 1. The molecule has 0 aliphatic carbocycles. The second-order valence-electron chi connectivity index (χ2n) is 5.02. The van der Waals surface area contributed by atoms with E-state index in [1.54, 1.807) is 0 Å². The topological polar surface area (TPSA) is 63.6 Å². The van der Waals surface area contributed by atoms with Crippen molar-refractivity contribution in [2.75, 3.05) is 0 Å². The SMILES string of the molecule is CCCCCCCCCC/C=C/OC(=O)CCC(=O)O.[CaH2]. The third-order valence-corrected chi connectivity index (χ3v) is 3.06. The van der Waals surface area contributed by atoms with Gasteiger partial charge in [-0.25, -0.2) is 0 Å². The van der Waals surface area contributed by atoms with Crippen molar-refractivity contribution in [2.45, 2.75) is 77.6 Å². The van der Waals surface area contributed by atoms with Gasteiger partial charge in [0.25, 0.3) is 0 Å². The van der Waals surface area contributed by atoms with E-state index in [0.29, 0.717) is 0 Å². The number of hydrogen-bond donors (Lipinski definition) is 1. The Kier molecular flexibility index (Phi) is 19.9. The number of allylic oxidation sites excluding steroid dienone is 1. The molecule has 0 aromatic carbocycles. The Balaban J connectivity index is 0.